The van der Waals surface area contributed by atoms with E-state index in [1.165, 1.54) is 4.90 Å². The topological polar surface area (TPSA) is 29.5 Å². The van der Waals surface area contributed by atoms with Gasteiger partial charge in [-0.15, -0.1) is 11.6 Å². The highest BCUT2D eigenvalue weighted by Gasteiger charge is 2.46. The van der Waals surface area contributed by atoms with Crippen LogP contribution in [0.25, 0.3) is 11.1 Å². The molecule has 0 spiro atoms. The summed E-state index contributed by atoms with van der Waals surface area (Å²) in [5.74, 6) is 0.474. The molecule has 1 saturated heterocycles. The molecule has 0 N–H and O–H groups in total. The highest BCUT2D eigenvalue weighted by atomic mass is 35.5. The van der Waals surface area contributed by atoms with Gasteiger partial charge in [0.05, 0.1) is 12.8 Å². The lowest BCUT2D eigenvalue weighted by Gasteiger charge is -2.41. The molecule has 3 rings (SSSR count). The van der Waals surface area contributed by atoms with Crippen LogP contribution in [0.5, 0.6) is 5.75 Å². The van der Waals surface area contributed by atoms with Crippen LogP contribution in [0.15, 0.2) is 48.5 Å². The first-order chi connectivity index (χ1) is 10.1. The number of carbonyl (C=O) groups is 1. The zero-order valence-electron chi connectivity index (χ0n) is 11.3. The maximum Gasteiger partial charge on any atom is 0.249 e. The Kier molecular flexibility index (Phi) is 3.79. The first kappa shape index (κ1) is 14.2. The van der Waals surface area contributed by atoms with Gasteiger partial charge in [-0.05, 0) is 17.7 Å². The minimum atomic E-state index is -0.679. The van der Waals surface area contributed by atoms with Gasteiger partial charge >= 0.3 is 0 Å². The molecule has 5 heteroatoms. The number of alkyl halides is 2. The highest BCUT2D eigenvalue weighted by molar-refractivity contribution is 6.45. The van der Waals surface area contributed by atoms with Gasteiger partial charge in [0.25, 0.3) is 0 Å². The number of ether oxygens (including phenoxy) is 1. The molecule has 0 saturated carbocycles. The quantitative estimate of drug-likeness (QED) is 0.487. The van der Waals surface area contributed by atoms with E-state index in [1.807, 2.05) is 42.5 Å². The van der Waals surface area contributed by atoms with E-state index in [0.29, 0.717) is 11.4 Å². The number of benzene rings is 2. The normalized spacial score (nSPS) is 21.1. The number of rotatable bonds is 3. The Morgan fingerprint density at radius 1 is 1.10 bits per heavy atom. The fourth-order valence-corrected chi connectivity index (χ4v) is 2.90. The van der Waals surface area contributed by atoms with Crippen molar-refractivity contribution in [3.05, 3.63) is 48.5 Å². The van der Waals surface area contributed by atoms with Crippen LogP contribution in [0.1, 0.15) is 0 Å². The number of halogens is 2. The van der Waals surface area contributed by atoms with Crippen molar-refractivity contribution in [2.24, 2.45) is 0 Å². The molecule has 21 heavy (non-hydrogen) atoms. The number of hydrogen-bond acceptors (Lipinski definition) is 2. The molecule has 0 radical (unpaired) electrons. The Hall–Kier alpha value is -1.71. The van der Waals surface area contributed by atoms with Crippen molar-refractivity contribution < 1.29 is 9.53 Å². The summed E-state index contributed by atoms with van der Waals surface area (Å²) in [7, 11) is 1.59. The summed E-state index contributed by atoms with van der Waals surface area (Å²) in [5, 5.41) is -0.679. The van der Waals surface area contributed by atoms with E-state index in [2.05, 4.69) is 0 Å². The maximum absolute atomic E-state index is 12.0. The fourth-order valence-electron chi connectivity index (χ4n) is 2.37. The van der Waals surface area contributed by atoms with Crippen molar-refractivity contribution in [3.8, 4) is 16.9 Å². The zero-order chi connectivity index (χ0) is 15.0. The number of nitrogens with zero attached hydrogens (tertiary/aromatic N) is 1. The van der Waals surface area contributed by atoms with Crippen molar-refractivity contribution in [1.82, 2.24) is 0 Å². The molecule has 3 nitrogen and oxygen atoms in total. The van der Waals surface area contributed by atoms with E-state index in [4.69, 9.17) is 27.9 Å². The molecule has 2 unspecified atom stereocenters. The van der Waals surface area contributed by atoms with Crippen LogP contribution >= 0.6 is 23.2 Å². The second-order valence-corrected chi connectivity index (χ2v) is 5.65. The number of hydrogen-bond donors (Lipinski definition) is 0. The van der Waals surface area contributed by atoms with Crippen LogP contribution in [0, 0.1) is 0 Å². The molecule has 2 aromatic carbocycles. The van der Waals surface area contributed by atoms with Crippen molar-refractivity contribution >= 4 is 34.8 Å². The summed E-state index contributed by atoms with van der Waals surface area (Å²) in [5.41, 5.74) is 2.08. The van der Waals surface area contributed by atoms with Crippen LogP contribution in [0.3, 0.4) is 0 Å². The predicted octanol–water partition coefficient (Wildman–Crippen LogP) is 3.88. The monoisotopic (exact) mass is 321 g/mol. The van der Waals surface area contributed by atoms with Gasteiger partial charge in [-0.2, -0.15) is 0 Å². The fraction of sp³-hybridized carbons (Fsp3) is 0.188. The van der Waals surface area contributed by atoms with Gasteiger partial charge in [-0.3, -0.25) is 9.69 Å². The van der Waals surface area contributed by atoms with Gasteiger partial charge in [-0.1, -0.05) is 41.9 Å². The average molecular weight is 322 g/mol. The van der Waals surface area contributed by atoms with Crippen molar-refractivity contribution in [3.63, 3.8) is 0 Å². The molecule has 0 aromatic heterocycles. The second-order valence-electron chi connectivity index (χ2n) is 4.73. The Morgan fingerprint density at radius 2 is 1.81 bits per heavy atom. The molecular formula is C16H13Cl2NO2. The number of anilines is 1. The lowest BCUT2D eigenvalue weighted by Crippen LogP contribution is -2.60. The van der Waals surface area contributed by atoms with Gasteiger partial charge in [0, 0.05) is 11.6 Å². The second kappa shape index (κ2) is 5.58. The first-order valence-corrected chi connectivity index (χ1v) is 7.35. The van der Waals surface area contributed by atoms with Crippen LogP contribution in [0.2, 0.25) is 0 Å². The lowest BCUT2D eigenvalue weighted by molar-refractivity contribution is -0.122. The molecule has 1 aliphatic rings. The van der Waals surface area contributed by atoms with Gasteiger partial charge in [0.2, 0.25) is 5.91 Å². The number of β-lactam (4-membered cyclic amide) rings is 1. The van der Waals surface area contributed by atoms with Crippen molar-refractivity contribution in [2.45, 2.75) is 10.9 Å². The van der Waals surface area contributed by atoms with E-state index in [9.17, 15) is 4.79 Å². The molecular weight excluding hydrogens is 309 g/mol. The maximum atomic E-state index is 12.0. The van der Waals surface area contributed by atoms with Crippen LogP contribution < -0.4 is 9.64 Å². The number of carbonyl (C=O) groups excluding carboxylic acids is 1. The van der Waals surface area contributed by atoms with Gasteiger partial charge in [0.1, 0.15) is 16.6 Å². The van der Waals surface area contributed by atoms with E-state index < -0.39 is 10.9 Å². The third-order valence-corrected chi connectivity index (χ3v) is 4.51. The third-order valence-electron chi connectivity index (χ3n) is 3.51. The smallest absolute Gasteiger partial charge is 0.249 e. The van der Waals surface area contributed by atoms with E-state index in [-0.39, 0.29) is 5.91 Å². The summed E-state index contributed by atoms with van der Waals surface area (Å²) < 4.78 is 5.25. The molecule has 1 fully saturated rings. The SMILES string of the molecule is COc1ccc(-c2ccccc2)c(N2C(=O)C(Cl)C2Cl)c1. The minimum Gasteiger partial charge on any atom is -0.497 e. The lowest BCUT2D eigenvalue weighted by atomic mass is 10.00. The molecule has 2 aromatic rings. The summed E-state index contributed by atoms with van der Waals surface area (Å²) in [4.78, 5) is 13.5. The summed E-state index contributed by atoms with van der Waals surface area (Å²) in [6, 6.07) is 15.4. The highest BCUT2D eigenvalue weighted by Crippen LogP contribution is 2.41. The summed E-state index contributed by atoms with van der Waals surface area (Å²) in [6.07, 6.45) is 0. The van der Waals surface area contributed by atoms with Crippen LogP contribution in [-0.2, 0) is 4.79 Å². The van der Waals surface area contributed by atoms with E-state index in [1.54, 1.807) is 13.2 Å². The van der Waals surface area contributed by atoms with Crippen molar-refractivity contribution in [2.75, 3.05) is 12.0 Å². The Labute approximate surface area is 133 Å². The Bertz CT molecular complexity index is 675. The third kappa shape index (κ3) is 2.37. The molecule has 0 aliphatic carbocycles. The Balaban J connectivity index is 2.11. The van der Waals surface area contributed by atoms with Crippen LogP contribution in [-0.4, -0.2) is 23.9 Å². The molecule has 1 aliphatic heterocycles. The van der Waals surface area contributed by atoms with E-state index in [0.717, 1.165) is 11.1 Å². The van der Waals surface area contributed by atoms with Crippen molar-refractivity contribution in [1.29, 1.82) is 0 Å². The standard InChI is InChI=1S/C16H13Cl2NO2/c1-21-11-7-8-12(10-5-3-2-4-6-10)13(9-11)19-15(18)14(17)16(19)20/h2-9,14-15H,1H3. The molecule has 1 amide bonds. The first-order valence-electron chi connectivity index (χ1n) is 6.48. The number of amides is 1. The van der Waals surface area contributed by atoms with Gasteiger partial charge < -0.3 is 4.74 Å². The largest absolute Gasteiger partial charge is 0.497 e. The molecule has 2 atom stereocenters. The predicted molar refractivity (Wildman–Crippen MR) is 85.2 cm³/mol. The van der Waals surface area contributed by atoms with E-state index >= 15 is 0 Å². The summed E-state index contributed by atoms with van der Waals surface area (Å²) >= 11 is 12.1. The molecule has 108 valence electrons. The number of methoxy groups -OCH3 is 1. The minimum absolute atomic E-state index is 0.192. The average Bonchev–Trinajstić information content (AvgIpc) is 2.55. The zero-order valence-corrected chi connectivity index (χ0v) is 12.8. The van der Waals surface area contributed by atoms with Crippen LogP contribution in [0.4, 0.5) is 5.69 Å². The Morgan fingerprint density at radius 3 is 2.43 bits per heavy atom. The summed E-state index contributed by atoms with van der Waals surface area (Å²) in [6.45, 7) is 0. The molecule has 0 bridgehead atoms. The van der Waals surface area contributed by atoms with Gasteiger partial charge in [0.15, 0.2) is 0 Å². The van der Waals surface area contributed by atoms with Gasteiger partial charge in [-0.25, -0.2) is 0 Å². The molecule has 1 heterocycles.